The highest BCUT2D eigenvalue weighted by molar-refractivity contribution is 9.08. The Kier molecular flexibility index (Phi) is 2.31. The van der Waals surface area contributed by atoms with E-state index in [4.69, 9.17) is 0 Å². The predicted octanol–water partition coefficient (Wildman–Crippen LogP) is 3.76. The number of alkyl halides is 1. The standard InChI is InChI=1S/C11H11Br/c12-8-9-3-1-6-11(7-9)10-4-2-5-10/h1,3-4,6-7H,2,5,8H2. The van der Waals surface area contributed by atoms with Gasteiger partial charge in [-0.25, -0.2) is 0 Å². The Hall–Kier alpha value is -0.560. The molecule has 0 fully saturated rings. The van der Waals surface area contributed by atoms with E-state index in [0.29, 0.717) is 0 Å². The van der Waals surface area contributed by atoms with Crippen molar-refractivity contribution in [2.24, 2.45) is 0 Å². The third kappa shape index (κ3) is 1.46. The molecular formula is C11H11Br. The molecule has 0 atom stereocenters. The maximum Gasteiger partial charge on any atom is 0.0283 e. The van der Waals surface area contributed by atoms with Gasteiger partial charge in [0.05, 0.1) is 0 Å². The van der Waals surface area contributed by atoms with Crippen LogP contribution in [0.25, 0.3) is 5.57 Å². The van der Waals surface area contributed by atoms with Crippen molar-refractivity contribution in [1.29, 1.82) is 0 Å². The van der Waals surface area contributed by atoms with E-state index in [2.05, 4.69) is 46.3 Å². The lowest BCUT2D eigenvalue weighted by atomic mass is 9.91. The summed E-state index contributed by atoms with van der Waals surface area (Å²) in [6.07, 6.45) is 4.83. The monoisotopic (exact) mass is 222 g/mol. The first kappa shape index (κ1) is 8.06. The van der Waals surface area contributed by atoms with Gasteiger partial charge >= 0.3 is 0 Å². The normalized spacial score (nSPS) is 15.2. The molecule has 0 unspecified atom stereocenters. The molecule has 0 amide bonds. The summed E-state index contributed by atoms with van der Waals surface area (Å²) in [6.45, 7) is 0. The Balaban J connectivity index is 2.32. The molecule has 0 spiro atoms. The predicted molar refractivity (Wildman–Crippen MR) is 56.3 cm³/mol. The van der Waals surface area contributed by atoms with Gasteiger partial charge in [-0.1, -0.05) is 46.3 Å². The Morgan fingerprint density at radius 3 is 2.75 bits per heavy atom. The first-order chi connectivity index (χ1) is 5.90. The SMILES string of the molecule is BrCc1cccc(C2=CCC2)c1. The highest BCUT2D eigenvalue weighted by Gasteiger charge is 2.07. The molecule has 0 nitrogen and oxygen atoms in total. The van der Waals surface area contributed by atoms with Gasteiger partial charge in [0.25, 0.3) is 0 Å². The molecule has 0 N–H and O–H groups in total. The zero-order valence-electron chi connectivity index (χ0n) is 6.89. The van der Waals surface area contributed by atoms with E-state index in [1.807, 2.05) is 0 Å². The van der Waals surface area contributed by atoms with Crippen LogP contribution in [-0.2, 0) is 5.33 Å². The third-order valence-corrected chi connectivity index (χ3v) is 2.90. The molecule has 0 aromatic heterocycles. The molecule has 0 saturated carbocycles. The summed E-state index contributed by atoms with van der Waals surface area (Å²) in [5.41, 5.74) is 4.27. The van der Waals surface area contributed by atoms with Crippen LogP contribution in [0.5, 0.6) is 0 Å². The van der Waals surface area contributed by atoms with Crippen molar-refractivity contribution in [2.45, 2.75) is 18.2 Å². The second-order valence-electron chi connectivity index (χ2n) is 3.10. The summed E-state index contributed by atoms with van der Waals surface area (Å²) in [7, 11) is 0. The number of halogens is 1. The molecule has 12 heavy (non-hydrogen) atoms. The van der Waals surface area contributed by atoms with Crippen molar-refractivity contribution < 1.29 is 0 Å². The van der Waals surface area contributed by atoms with E-state index in [9.17, 15) is 0 Å². The minimum Gasteiger partial charge on any atom is -0.0876 e. The van der Waals surface area contributed by atoms with E-state index in [1.165, 1.54) is 29.5 Å². The van der Waals surface area contributed by atoms with Crippen LogP contribution in [0.3, 0.4) is 0 Å². The minimum absolute atomic E-state index is 0.952. The van der Waals surface area contributed by atoms with E-state index in [0.717, 1.165) is 5.33 Å². The van der Waals surface area contributed by atoms with Gasteiger partial charge < -0.3 is 0 Å². The van der Waals surface area contributed by atoms with Crippen LogP contribution in [0.1, 0.15) is 24.0 Å². The molecule has 1 heteroatoms. The van der Waals surface area contributed by atoms with E-state index in [1.54, 1.807) is 0 Å². The maximum absolute atomic E-state index is 3.46. The fourth-order valence-corrected chi connectivity index (χ4v) is 1.75. The smallest absolute Gasteiger partial charge is 0.0283 e. The number of rotatable bonds is 2. The molecule has 2 rings (SSSR count). The van der Waals surface area contributed by atoms with Crippen molar-refractivity contribution in [3.63, 3.8) is 0 Å². The third-order valence-electron chi connectivity index (χ3n) is 2.26. The average molecular weight is 223 g/mol. The zero-order chi connectivity index (χ0) is 8.39. The lowest BCUT2D eigenvalue weighted by Gasteiger charge is -2.14. The average Bonchev–Trinajstić information content (AvgIpc) is 2.02. The summed E-state index contributed by atoms with van der Waals surface area (Å²) < 4.78 is 0. The van der Waals surface area contributed by atoms with Crippen LogP contribution >= 0.6 is 15.9 Å². The molecule has 0 bridgehead atoms. The van der Waals surface area contributed by atoms with E-state index in [-0.39, 0.29) is 0 Å². The van der Waals surface area contributed by atoms with Gasteiger partial charge in [-0.3, -0.25) is 0 Å². The van der Waals surface area contributed by atoms with Crippen molar-refractivity contribution in [3.8, 4) is 0 Å². The quantitative estimate of drug-likeness (QED) is 0.669. The van der Waals surface area contributed by atoms with Crippen molar-refractivity contribution >= 4 is 21.5 Å². The van der Waals surface area contributed by atoms with Gasteiger partial charge in [-0.05, 0) is 29.5 Å². The molecule has 62 valence electrons. The van der Waals surface area contributed by atoms with Gasteiger partial charge in [0.15, 0.2) is 0 Å². The highest BCUT2D eigenvalue weighted by Crippen LogP contribution is 2.29. The zero-order valence-corrected chi connectivity index (χ0v) is 8.47. The summed E-state index contributed by atoms with van der Waals surface area (Å²) in [5.74, 6) is 0. The van der Waals surface area contributed by atoms with Crippen molar-refractivity contribution in [3.05, 3.63) is 41.5 Å². The van der Waals surface area contributed by atoms with Crippen LogP contribution in [-0.4, -0.2) is 0 Å². The van der Waals surface area contributed by atoms with Crippen LogP contribution in [0.15, 0.2) is 30.3 Å². The number of allylic oxidation sites excluding steroid dienone is 2. The summed E-state index contributed by atoms with van der Waals surface area (Å²) in [4.78, 5) is 0. The highest BCUT2D eigenvalue weighted by atomic mass is 79.9. The summed E-state index contributed by atoms with van der Waals surface area (Å²) in [6, 6.07) is 8.74. The Morgan fingerprint density at radius 1 is 1.33 bits per heavy atom. The first-order valence-electron chi connectivity index (χ1n) is 4.24. The Morgan fingerprint density at radius 2 is 2.17 bits per heavy atom. The second-order valence-corrected chi connectivity index (χ2v) is 3.66. The Bertz CT molecular complexity index is 313. The fourth-order valence-electron chi connectivity index (χ4n) is 1.41. The van der Waals surface area contributed by atoms with Gasteiger partial charge in [-0.2, -0.15) is 0 Å². The molecule has 0 aliphatic heterocycles. The molecular weight excluding hydrogens is 212 g/mol. The van der Waals surface area contributed by atoms with Gasteiger partial charge in [0.2, 0.25) is 0 Å². The van der Waals surface area contributed by atoms with Gasteiger partial charge in [-0.15, -0.1) is 0 Å². The minimum atomic E-state index is 0.952. The second kappa shape index (κ2) is 3.44. The molecule has 0 saturated heterocycles. The Labute approximate surface area is 81.4 Å². The maximum atomic E-state index is 3.46. The molecule has 0 radical (unpaired) electrons. The van der Waals surface area contributed by atoms with Crippen LogP contribution in [0, 0.1) is 0 Å². The largest absolute Gasteiger partial charge is 0.0876 e. The number of hydrogen-bond acceptors (Lipinski definition) is 0. The molecule has 1 aromatic rings. The first-order valence-corrected chi connectivity index (χ1v) is 5.36. The molecule has 1 aliphatic rings. The topological polar surface area (TPSA) is 0 Å². The summed E-state index contributed by atoms with van der Waals surface area (Å²) in [5, 5.41) is 0.952. The molecule has 1 aromatic carbocycles. The lowest BCUT2D eigenvalue weighted by Crippen LogP contribution is -1.93. The molecule has 1 aliphatic carbocycles. The van der Waals surface area contributed by atoms with E-state index < -0.39 is 0 Å². The van der Waals surface area contributed by atoms with Crippen LogP contribution in [0.2, 0.25) is 0 Å². The lowest BCUT2D eigenvalue weighted by molar-refractivity contribution is 0.987. The van der Waals surface area contributed by atoms with Gasteiger partial charge in [0, 0.05) is 5.33 Å². The van der Waals surface area contributed by atoms with E-state index >= 15 is 0 Å². The van der Waals surface area contributed by atoms with Gasteiger partial charge in [0.1, 0.15) is 0 Å². The van der Waals surface area contributed by atoms with Crippen molar-refractivity contribution in [1.82, 2.24) is 0 Å². The van der Waals surface area contributed by atoms with Crippen molar-refractivity contribution in [2.75, 3.05) is 0 Å². The summed E-state index contributed by atoms with van der Waals surface area (Å²) >= 11 is 3.46. The van der Waals surface area contributed by atoms with Crippen LogP contribution < -0.4 is 0 Å². The molecule has 0 heterocycles. The fraction of sp³-hybridized carbons (Fsp3) is 0.273. The number of benzene rings is 1. The number of hydrogen-bond donors (Lipinski definition) is 0. The van der Waals surface area contributed by atoms with Crippen LogP contribution in [0.4, 0.5) is 0 Å².